The molecule has 18 nitrogen and oxygen atoms in total. The predicted molar refractivity (Wildman–Crippen MR) is 165 cm³/mol. The maximum atomic E-state index is 14.2. The van der Waals surface area contributed by atoms with Crippen molar-refractivity contribution in [3.63, 3.8) is 0 Å². The molecule has 20 heteroatoms. The van der Waals surface area contributed by atoms with Crippen LogP contribution in [-0.4, -0.2) is 106 Å². The third-order valence-electron chi connectivity index (χ3n) is 8.17. The maximum absolute atomic E-state index is 14.2. The van der Waals surface area contributed by atoms with Crippen LogP contribution in [0.1, 0.15) is 66.0 Å². The van der Waals surface area contributed by atoms with Crippen LogP contribution in [0, 0.1) is 0 Å². The molecule has 1 saturated carbocycles. The lowest BCUT2D eigenvalue weighted by Gasteiger charge is -2.38. The molecule has 5 rings (SSSR count). The summed E-state index contributed by atoms with van der Waals surface area (Å²) in [6, 6.07) is 0.0236. The number of aromatic nitrogens is 4. The van der Waals surface area contributed by atoms with Gasteiger partial charge in [0.05, 0.1) is 39.0 Å². The zero-order valence-electron chi connectivity index (χ0n) is 27.4. The SMILES string of the molecule is CCOP(=O)(OCC)[C@@](COC)(CC(=O)NO)OC[C@H]1O[C@@H](n2ncc3c(OC(=O)NC4CCCC4)nc(Cl)nc32)[C@@H]2OC(C)(C)O[C@@H]21. The molecule has 2 saturated heterocycles. The van der Waals surface area contributed by atoms with Crippen molar-refractivity contribution in [3.8, 4) is 5.88 Å². The Morgan fingerprint density at radius 2 is 1.85 bits per heavy atom. The van der Waals surface area contributed by atoms with Crippen molar-refractivity contribution in [1.29, 1.82) is 0 Å². The van der Waals surface area contributed by atoms with E-state index < -0.39 is 68.3 Å². The van der Waals surface area contributed by atoms with Gasteiger partial charge in [0, 0.05) is 13.2 Å². The van der Waals surface area contributed by atoms with E-state index in [0.29, 0.717) is 5.39 Å². The van der Waals surface area contributed by atoms with Crippen LogP contribution < -0.4 is 15.5 Å². The Balaban J connectivity index is 1.44. The highest BCUT2D eigenvalue weighted by Gasteiger charge is 2.59. The van der Waals surface area contributed by atoms with Gasteiger partial charge < -0.3 is 42.8 Å². The lowest BCUT2D eigenvalue weighted by Crippen LogP contribution is -2.46. The third kappa shape index (κ3) is 7.62. The van der Waals surface area contributed by atoms with Crippen LogP contribution in [0.5, 0.6) is 5.88 Å². The van der Waals surface area contributed by atoms with E-state index >= 15 is 0 Å². The number of hydrogen-bond donors (Lipinski definition) is 3. The Morgan fingerprint density at radius 3 is 2.50 bits per heavy atom. The Kier molecular flexibility index (Phi) is 11.6. The minimum Gasteiger partial charge on any atom is -0.390 e. The lowest BCUT2D eigenvalue weighted by atomic mass is 10.1. The second-order valence-electron chi connectivity index (χ2n) is 12.0. The summed E-state index contributed by atoms with van der Waals surface area (Å²) >= 11 is 6.27. The third-order valence-corrected chi connectivity index (χ3v) is 10.9. The van der Waals surface area contributed by atoms with Gasteiger partial charge in [-0.2, -0.15) is 15.1 Å². The molecule has 0 radical (unpaired) electrons. The van der Waals surface area contributed by atoms with Crippen molar-refractivity contribution in [2.24, 2.45) is 0 Å². The molecule has 5 atom stereocenters. The second kappa shape index (κ2) is 15.2. The predicted octanol–water partition coefficient (Wildman–Crippen LogP) is 3.45. The number of rotatable bonds is 15. The number of hydroxylamine groups is 1. The van der Waals surface area contributed by atoms with Crippen LogP contribution in [0.15, 0.2) is 6.20 Å². The first kappa shape index (κ1) is 36.8. The summed E-state index contributed by atoms with van der Waals surface area (Å²) in [5.41, 5.74) is 1.74. The molecule has 0 spiro atoms. The first-order valence-electron chi connectivity index (χ1n) is 15.7. The van der Waals surface area contributed by atoms with Crippen LogP contribution in [-0.2, 0) is 42.1 Å². The van der Waals surface area contributed by atoms with Crippen LogP contribution in [0.3, 0.4) is 0 Å². The standard InChI is InChI=1S/C28H42ClN6O12P/c1-6-42-48(39,43-7-2)28(15-40-5,12-19(36)34-38)41-14-18-20-21(47-27(3,4)46-20)24(44-18)35-22-17(13-30-35)23(33-25(29)32-22)45-26(37)31-16-10-8-9-11-16/h13,16,18,20-21,24,38H,6-12,14-15H2,1-5H3,(H,31,37)(H,34,36)/t18-,20-,21-,24-,28-/m1/s1. The molecule has 268 valence electrons. The summed E-state index contributed by atoms with van der Waals surface area (Å²) in [6.45, 7) is 5.90. The Labute approximate surface area is 281 Å². The van der Waals surface area contributed by atoms with Crippen molar-refractivity contribution in [1.82, 2.24) is 30.5 Å². The van der Waals surface area contributed by atoms with Gasteiger partial charge in [-0.3, -0.25) is 14.6 Å². The van der Waals surface area contributed by atoms with Crippen molar-refractivity contribution in [3.05, 3.63) is 11.5 Å². The number of hydrogen-bond acceptors (Lipinski definition) is 15. The number of nitrogens with zero attached hydrogens (tertiary/aromatic N) is 4. The molecule has 48 heavy (non-hydrogen) atoms. The number of amides is 2. The van der Waals surface area contributed by atoms with Crippen molar-refractivity contribution in [2.75, 3.05) is 33.5 Å². The second-order valence-corrected chi connectivity index (χ2v) is 14.7. The number of ether oxygens (including phenoxy) is 6. The molecule has 0 bridgehead atoms. The molecule has 3 fully saturated rings. The Hall–Kier alpha value is -2.51. The van der Waals surface area contributed by atoms with Gasteiger partial charge in [-0.25, -0.2) is 15.0 Å². The number of carbonyl (C=O) groups excluding carboxylic acids is 2. The van der Waals surface area contributed by atoms with Gasteiger partial charge in [0.1, 0.15) is 23.7 Å². The number of methoxy groups -OCH3 is 1. The molecule has 4 heterocycles. The fourth-order valence-corrected chi connectivity index (χ4v) is 8.49. The Morgan fingerprint density at radius 1 is 1.17 bits per heavy atom. The molecule has 2 amide bonds. The Bertz CT molecular complexity index is 1500. The van der Waals surface area contributed by atoms with Crippen LogP contribution in [0.25, 0.3) is 11.0 Å². The van der Waals surface area contributed by atoms with Crippen molar-refractivity contribution in [2.45, 2.75) is 102 Å². The summed E-state index contributed by atoms with van der Waals surface area (Å²) < 4.78 is 62.7. The molecule has 1 aliphatic carbocycles. The van der Waals surface area contributed by atoms with Crippen molar-refractivity contribution >= 4 is 42.2 Å². The average Bonchev–Trinajstić information content (AvgIpc) is 3.81. The molecular weight excluding hydrogens is 679 g/mol. The van der Waals surface area contributed by atoms with Gasteiger partial charge in [-0.05, 0) is 52.1 Å². The van der Waals surface area contributed by atoms with E-state index in [-0.39, 0.29) is 42.7 Å². The quantitative estimate of drug-likeness (QED) is 0.104. The van der Waals surface area contributed by atoms with Gasteiger partial charge in [0.25, 0.3) is 0 Å². The highest BCUT2D eigenvalue weighted by Crippen LogP contribution is 2.62. The highest BCUT2D eigenvalue weighted by molar-refractivity contribution is 7.55. The van der Waals surface area contributed by atoms with Gasteiger partial charge in [-0.15, -0.1) is 0 Å². The van der Waals surface area contributed by atoms with E-state index in [1.807, 2.05) is 0 Å². The molecule has 0 aromatic carbocycles. The van der Waals surface area contributed by atoms with Gasteiger partial charge in [0.2, 0.25) is 22.4 Å². The first-order chi connectivity index (χ1) is 22.9. The monoisotopic (exact) mass is 720 g/mol. The minimum atomic E-state index is -4.23. The molecule has 0 unspecified atom stereocenters. The number of nitrogens with one attached hydrogen (secondary N) is 2. The number of carbonyl (C=O) groups is 2. The van der Waals surface area contributed by atoms with Gasteiger partial charge in [0.15, 0.2) is 17.7 Å². The maximum Gasteiger partial charge on any atom is 0.414 e. The topological polar surface area (TPSA) is 213 Å². The summed E-state index contributed by atoms with van der Waals surface area (Å²) in [6.07, 6.45) is 0.550. The summed E-state index contributed by atoms with van der Waals surface area (Å²) in [5, 5.41) is 14.8. The smallest absolute Gasteiger partial charge is 0.390 e. The fourth-order valence-electron chi connectivity index (χ4n) is 6.25. The molecule has 2 aromatic heterocycles. The normalized spacial score (nSPS) is 25.2. The first-order valence-corrected chi connectivity index (χ1v) is 17.7. The molecule has 2 aliphatic heterocycles. The largest absolute Gasteiger partial charge is 0.414 e. The van der Waals surface area contributed by atoms with E-state index in [4.69, 9.17) is 49.1 Å². The van der Waals surface area contributed by atoms with E-state index in [0.717, 1.165) is 25.7 Å². The van der Waals surface area contributed by atoms with Gasteiger partial charge >= 0.3 is 13.7 Å². The lowest BCUT2D eigenvalue weighted by molar-refractivity contribution is -0.207. The summed E-state index contributed by atoms with van der Waals surface area (Å²) in [5.74, 6) is -2.05. The number of halogens is 1. The molecule has 2 aromatic rings. The molecule has 3 aliphatic rings. The average molecular weight is 721 g/mol. The summed E-state index contributed by atoms with van der Waals surface area (Å²) in [7, 11) is -2.89. The van der Waals surface area contributed by atoms with Crippen molar-refractivity contribution < 1.29 is 56.8 Å². The number of fused-ring (bicyclic) bond motifs is 2. The zero-order valence-corrected chi connectivity index (χ0v) is 29.0. The zero-order chi connectivity index (χ0) is 34.7. The van der Waals surface area contributed by atoms with Crippen LogP contribution in [0.2, 0.25) is 5.28 Å². The molecule has 3 N–H and O–H groups in total. The summed E-state index contributed by atoms with van der Waals surface area (Å²) in [4.78, 5) is 33.6. The van der Waals surface area contributed by atoms with Crippen LogP contribution >= 0.6 is 19.2 Å². The highest BCUT2D eigenvalue weighted by atomic mass is 35.5. The van der Waals surface area contributed by atoms with E-state index in [1.54, 1.807) is 27.7 Å². The fraction of sp³-hybridized carbons (Fsp3) is 0.750. The molecular formula is C28H42ClN6O12P. The van der Waals surface area contributed by atoms with E-state index in [2.05, 4.69) is 20.4 Å². The van der Waals surface area contributed by atoms with Crippen LogP contribution in [0.4, 0.5) is 4.79 Å². The van der Waals surface area contributed by atoms with E-state index in [1.165, 1.54) is 23.5 Å². The van der Waals surface area contributed by atoms with Gasteiger partial charge in [-0.1, -0.05) is 12.8 Å². The minimum absolute atomic E-state index is 0.0236. The van der Waals surface area contributed by atoms with E-state index in [9.17, 15) is 19.4 Å².